The molecule has 1 aromatic carbocycles. The van der Waals surface area contributed by atoms with Crippen LogP contribution in [0, 0.1) is 0 Å². The highest BCUT2D eigenvalue weighted by molar-refractivity contribution is 7.09. The molecule has 0 saturated carbocycles. The fourth-order valence-corrected chi connectivity index (χ4v) is 4.16. The maximum Gasteiger partial charge on any atom is 0.195 e. The predicted octanol–water partition coefficient (Wildman–Crippen LogP) is 2.84. The molecule has 2 aliphatic rings. The molecule has 1 atom stereocenters. The van der Waals surface area contributed by atoms with Crippen LogP contribution < -0.4 is 20.1 Å². The summed E-state index contributed by atoms with van der Waals surface area (Å²) >= 11 is 1.78. The number of anilines is 1. The topological polar surface area (TPSA) is 67.4 Å². The smallest absolute Gasteiger partial charge is 0.195 e. The van der Waals surface area contributed by atoms with Gasteiger partial charge in [-0.05, 0) is 37.0 Å². The number of benzene rings is 1. The monoisotopic (exact) mass is 430 g/mol. The summed E-state index contributed by atoms with van der Waals surface area (Å²) < 4.78 is 17.4. The van der Waals surface area contributed by atoms with Crippen LogP contribution in [0.3, 0.4) is 0 Å². The van der Waals surface area contributed by atoms with Crippen molar-refractivity contribution in [3.8, 4) is 11.5 Å². The third-order valence-electron chi connectivity index (χ3n) is 5.05. The van der Waals surface area contributed by atoms with Crippen LogP contribution in [-0.4, -0.2) is 70.0 Å². The Hall–Kier alpha value is -2.29. The van der Waals surface area contributed by atoms with E-state index < -0.39 is 0 Å². The molecule has 2 N–H and O–H groups in total. The number of nitrogens with zero attached hydrogens (tertiary/aromatic N) is 2. The van der Waals surface area contributed by atoms with Crippen molar-refractivity contribution < 1.29 is 14.2 Å². The van der Waals surface area contributed by atoms with Crippen molar-refractivity contribution >= 4 is 23.0 Å². The summed E-state index contributed by atoms with van der Waals surface area (Å²) in [6.45, 7) is 5.41. The lowest BCUT2D eigenvalue weighted by molar-refractivity contribution is -0.0136. The molecule has 4 rings (SSSR count). The largest absolute Gasteiger partial charge is 0.490 e. The van der Waals surface area contributed by atoms with E-state index >= 15 is 0 Å². The van der Waals surface area contributed by atoms with Gasteiger partial charge in [0.2, 0.25) is 0 Å². The van der Waals surface area contributed by atoms with Gasteiger partial charge >= 0.3 is 0 Å². The number of thiophene rings is 1. The Morgan fingerprint density at radius 2 is 2.10 bits per heavy atom. The number of rotatable bonds is 6. The first-order chi connectivity index (χ1) is 14.8. The molecule has 1 saturated heterocycles. The van der Waals surface area contributed by atoms with Crippen LogP contribution in [0.15, 0.2) is 40.7 Å². The first-order valence-corrected chi connectivity index (χ1v) is 11.4. The molecule has 162 valence electrons. The molecule has 7 nitrogen and oxygen atoms in total. The van der Waals surface area contributed by atoms with E-state index in [1.54, 1.807) is 11.3 Å². The van der Waals surface area contributed by atoms with Gasteiger partial charge < -0.3 is 29.7 Å². The number of ether oxygens (including phenoxy) is 3. The lowest BCUT2D eigenvalue weighted by Crippen LogP contribution is -2.42. The minimum Gasteiger partial charge on any atom is -0.490 e. The molecular formula is C22H30N4O3S. The van der Waals surface area contributed by atoms with E-state index in [0.29, 0.717) is 19.8 Å². The highest BCUT2D eigenvalue weighted by atomic mass is 32.1. The van der Waals surface area contributed by atoms with E-state index in [4.69, 9.17) is 19.2 Å². The standard InChI is InChI=1S/C22H30N4O3S/c1-26-9-12-27-18(16-26)15-24-22(23-8-7-19-4-2-13-30-19)25-17-5-6-20-21(14-17)29-11-3-10-28-20/h2,4-6,13-14,18H,3,7-12,15-16H2,1H3,(H2,23,24,25). The highest BCUT2D eigenvalue weighted by Gasteiger charge is 2.17. The molecule has 0 spiro atoms. The van der Waals surface area contributed by atoms with E-state index in [0.717, 1.165) is 62.2 Å². The zero-order valence-corrected chi connectivity index (χ0v) is 18.2. The molecule has 2 aliphatic heterocycles. The molecule has 0 amide bonds. The van der Waals surface area contributed by atoms with Crippen LogP contribution in [0.25, 0.3) is 0 Å². The predicted molar refractivity (Wildman–Crippen MR) is 121 cm³/mol. The summed E-state index contributed by atoms with van der Waals surface area (Å²) in [5.74, 6) is 2.31. The van der Waals surface area contributed by atoms with Crippen molar-refractivity contribution in [3.05, 3.63) is 40.6 Å². The van der Waals surface area contributed by atoms with Gasteiger partial charge in [-0.25, -0.2) is 0 Å². The van der Waals surface area contributed by atoms with Crippen molar-refractivity contribution in [1.82, 2.24) is 10.2 Å². The van der Waals surface area contributed by atoms with Crippen LogP contribution in [0.1, 0.15) is 11.3 Å². The quantitative estimate of drug-likeness (QED) is 0.543. The lowest BCUT2D eigenvalue weighted by Gasteiger charge is -2.29. The molecule has 8 heteroatoms. The van der Waals surface area contributed by atoms with Gasteiger partial charge in [0.15, 0.2) is 17.5 Å². The number of likely N-dealkylation sites (N-methyl/N-ethyl adjacent to an activating group) is 1. The summed E-state index contributed by atoms with van der Waals surface area (Å²) in [4.78, 5) is 8.44. The van der Waals surface area contributed by atoms with Crippen molar-refractivity contribution in [1.29, 1.82) is 0 Å². The number of hydrogen-bond donors (Lipinski definition) is 2. The maximum atomic E-state index is 5.86. The number of morpholine rings is 1. The second-order valence-electron chi connectivity index (χ2n) is 7.54. The van der Waals surface area contributed by atoms with Crippen LogP contribution in [0.4, 0.5) is 5.69 Å². The fraction of sp³-hybridized carbons (Fsp3) is 0.500. The van der Waals surface area contributed by atoms with E-state index in [2.05, 4.69) is 40.1 Å². The molecular weight excluding hydrogens is 400 g/mol. The molecule has 3 heterocycles. The van der Waals surface area contributed by atoms with Gasteiger partial charge in [-0.1, -0.05) is 6.07 Å². The van der Waals surface area contributed by atoms with Crippen LogP contribution >= 0.6 is 11.3 Å². The zero-order chi connectivity index (χ0) is 20.6. The first-order valence-electron chi connectivity index (χ1n) is 10.5. The Morgan fingerprint density at radius 3 is 2.93 bits per heavy atom. The summed E-state index contributed by atoms with van der Waals surface area (Å²) in [5, 5.41) is 8.98. The summed E-state index contributed by atoms with van der Waals surface area (Å²) in [7, 11) is 2.12. The molecule has 1 unspecified atom stereocenters. The van der Waals surface area contributed by atoms with Gasteiger partial charge in [-0.3, -0.25) is 4.99 Å². The number of hydrogen-bond acceptors (Lipinski definition) is 6. The molecule has 0 radical (unpaired) electrons. The number of fused-ring (bicyclic) bond motifs is 1. The molecule has 0 bridgehead atoms. The Labute approximate surface area is 182 Å². The minimum atomic E-state index is 0.114. The fourth-order valence-electron chi connectivity index (χ4n) is 3.45. The van der Waals surface area contributed by atoms with Gasteiger partial charge in [-0.2, -0.15) is 0 Å². The van der Waals surface area contributed by atoms with Crippen LogP contribution in [-0.2, 0) is 11.2 Å². The highest BCUT2D eigenvalue weighted by Crippen LogP contribution is 2.32. The lowest BCUT2D eigenvalue weighted by atomic mass is 10.2. The van der Waals surface area contributed by atoms with Crippen molar-refractivity contribution in [2.24, 2.45) is 4.99 Å². The van der Waals surface area contributed by atoms with E-state index in [1.165, 1.54) is 4.88 Å². The minimum absolute atomic E-state index is 0.114. The molecule has 1 fully saturated rings. The van der Waals surface area contributed by atoms with E-state index in [9.17, 15) is 0 Å². The normalized spacial score (nSPS) is 19.9. The Bertz CT molecular complexity index is 828. The Morgan fingerprint density at radius 1 is 1.20 bits per heavy atom. The van der Waals surface area contributed by atoms with Crippen molar-refractivity contribution in [3.63, 3.8) is 0 Å². The summed E-state index contributed by atoms with van der Waals surface area (Å²) in [6.07, 6.45) is 1.97. The number of aliphatic imine (C=N–C) groups is 1. The molecule has 2 aromatic rings. The van der Waals surface area contributed by atoms with Gasteiger partial charge in [0.05, 0.1) is 32.5 Å². The first kappa shape index (κ1) is 21.0. The Balaban J connectivity index is 1.41. The van der Waals surface area contributed by atoms with Gasteiger partial charge in [0.25, 0.3) is 0 Å². The Kier molecular flexibility index (Phi) is 7.44. The summed E-state index contributed by atoms with van der Waals surface area (Å²) in [6, 6.07) is 10.2. The van der Waals surface area contributed by atoms with Crippen molar-refractivity contribution in [2.75, 3.05) is 58.4 Å². The summed E-state index contributed by atoms with van der Waals surface area (Å²) in [5.41, 5.74) is 0.920. The molecule has 0 aliphatic carbocycles. The zero-order valence-electron chi connectivity index (χ0n) is 17.4. The third kappa shape index (κ3) is 6.10. The average Bonchev–Trinajstić information content (AvgIpc) is 3.15. The molecule has 30 heavy (non-hydrogen) atoms. The average molecular weight is 431 g/mol. The second-order valence-corrected chi connectivity index (χ2v) is 8.57. The van der Waals surface area contributed by atoms with Gasteiger partial charge in [0.1, 0.15) is 0 Å². The van der Waals surface area contributed by atoms with Crippen LogP contribution in [0.5, 0.6) is 11.5 Å². The third-order valence-corrected chi connectivity index (χ3v) is 5.99. The maximum absolute atomic E-state index is 5.86. The van der Waals surface area contributed by atoms with Crippen molar-refractivity contribution in [2.45, 2.75) is 18.9 Å². The second kappa shape index (κ2) is 10.7. The van der Waals surface area contributed by atoms with Gasteiger partial charge in [0, 0.05) is 42.7 Å². The molecule has 1 aromatic heterocycles. The van der Waals surface area contributed by atoms with E-state index in [1.807, 2.05) is 18.2 Å². The SMILES string of the molecule is CN1CCOC(CN=C(NCCc2cccs2)Nc2ccc3c(c2)OCCCO3)C1. The van der Waals surface area contributed by atoms with Crippen LogP contribution in [0.2, 0.25) is 0 Å². The van der Waals surface area contributed by atoms with Gasteiger partial charge in [-0.15, -0.1) is 11.3 Å². The number of guanidine groups is 1. The van der Waals surface area contributed by atoms with E-state index in [-0.39, 0.29) is 6.10 Å². The number of nitrogens with one attached hydrogen (secondary N) is 2.